The van der Waals surface area contributed by atoms with Crippen molar-refractivity contribution >= 4 is 22.9 Å². The minimum Gasteiger partial charge on any atom is -0.493 e. The average molecular weight is 374 g/mol. The minimum atomic E-state index is -0.0957. The van der Waals surface area contributed by atoms with E-state index < -0.39 is 0 Å². The van der Waals surface area contributed by atoms with E-state index in [-0.39, 0.29) is 5.91 Å². The van der Waals surface area contributed by atoms with Crippen LogP contribution in [0.5, 0.6) is 5.75 Å². The topological polar surface area (TPSA) is 54.1 Å². The van der Waals surface area contributed by atoms with Crippen LogP contribution in [-0.4, -0.2) is 24.0 Å². The summed E-state index contributed by atoms with van der Waals surface area (Å²) in [5.41, 5.74) is 4.40. The molecule has 0 fully saturated rings. The number of carbonyl (C=O) groups excluding carboxylic acids is 1. The van der Waals surface area contributed by atoms with E-state index >= 15 is 0 Å². The van der Waals surface area contributed by atoms with Gasteiger partial charge in [0.25, 0.3) is 0 Å². The molecule has 0 aliphatic rings. The van der Waals surface area contributed by atoms with Gasteiger partial charge >= 0.3 is 0 Å². The maximum atomic E-state index is 12.0. The van der Waals surface area contributed by atoms with Gasteiger partial charge in [-0.25, -0.2) is 0 Å². The summed E-state index contributed by atoms with van der Waals surface area (Å²) in [6.07, 6.45) is 7.01. The molecule has 1 aromatic heterocycles. The van der Waals surface area contributed by atoms with Gasteiger partial charge in [-0.15, -0.1) is 6.58 Å². The van der Waals surface area contributed by atoms with Gasteiger partial charge in [-0.1, -0.05) is 35.9 Å². The monoisotopic (exact) mass is 374 g/mol. The van der Waals surface area contributed by atoms with Crippen LogP contribution in [0, 0.1) is 0 Å². The predicted octanol–water partition coefficient (Wildman–Crippen LogP) is 4.89. The van der Waals surface area contributed by atoms with Crippen molar-refractivity contribution in [3.05, 3.63) is 84.1 Å². The van der Waals surface area contributed by atoms with E-state index in [0.717, 1.165) is 35.2 Å². The smallest absolute Gasteiger partial charge is 0.244 e. The van der Waals surface area contributed by atoms with Crippen molar-refractivity contribution in [1.82, 2.24) is 10.3 Å². The standard InChI is InChI=1S/C24H26N2O2/c1-18(2)14-16-28-21-10-7-19(8-11-21)9-12-24(27)25-15-13-20-17-26-23-6-4-3-5-22(20)23/h3-12,17,26H,1,13-16H2,2H3,(H,25,27)/b12-9+. The highest BCUT2D eigenvalue weighted by Crippen LogP contribution is 2.17. The predicted molar refractivity (Wildman–Crippen MR) is 115 cm³/mol. The van der Waals surface area contributed by atoms with Crippen molar-refractivity contribution in [2.24, 2.45) is 0 Å². The second-order valence-electron chi connectivity index (χ2n) is 6.86. The molecule has 3 rings (SSSR count). The van der Waals surface area contributed by atoms with Gasteiger partial charge in [-0.2, -0.15) is 0 Å². The zero-order valence-corrected chi connectivity index (χ0v) is 16.2. The second-order valence-corrected chi connectivity index (χ2v) is 6.86. The van der Waals surface area contributed by atoms with Gasteiger partial charge in [0.05, 0.1) is 6.61 Å². The largest absolute Gasteiger partial charge is 0.493 e. The first-order valence-electron chi connectivity index (χ1n) is 9.50. The summed E-state index contributed by atoms with van der Waals surface area (Å²) in [5, 5.41) is 4.14. The number of nitrogens with one attached hydrogen (secondary N) is 2. The van der Waals surface area contributed by atoms with Gasteiger partial charge in [0.2, 0.25) is 5.91 Å². The summed E-state index contributed by atoms with van der Waals surface area (Å²) in [5.74, 6) is 0.725. The molecule has 0 spiro atoms. The third kappa shape index (κ3) is 5.61. The zero-order valence-electron chi connectivity index (χ0n) is 16.2. The summed E-state index contributed by atoms with van der Waals surface area (Å²) in [7, 11) is 0. The summed E-state index contributed by atoms with van der Waals surface area (Å²) in [4.78, 5) is 15.3. The van der Waals surface area contributed by atoms with Gasteiger partial charge in [0, 0.05) is 36.1 Å². The van der Waals surface area contributed by atoms with E-state index in [2.05, 4.69) is 29.0 Å². The van der Waals surface area contributed by atoms with Crippen LogP contribution in [0.3, 0.4) is 0 Å². The summed E-state index contributed by atoms with van der Waals surface area (Å²) < 4.78 is 5.65. The van der Waals surface area contributed by atoms with Gasteiger partial charge in [-0.3, -0.25) is 4.79 Å². The highest BCUT2D eigenvalue weighted by atomic mass is 16.5. The molecule has 0 saturated carbocycles. The Labute approximate surface area is 165 Å². The Bertz CT molecular complexity index is 968. The quantitative estimate of drug-likeness (QED) is 0.414. The Morgan fingerprint density at radius 3 is 2.75 bits per heavy atom. The Morgan fingerprint density at radius 1 is 1.18 bits per heavy atom. The number of hydrogen-bond acceptors (Lipinski definition) is 2. The molecule has 0 unspecified atom stereocenters. The first-order chi connectivity index (χ1) is 13.6. The van der Waals surface area contributed by atoms with E-state index in [1.807, 2.05) is 49.5 Å². The van der Waals surface area contributed by atoms with Crippen molar-refractivity contribution in [1.29, 1.82) is 0 Å². The number of H-pyrrole nitrogens is 1. The van der Waals surface area contributed by atoms with Crippen LogP contribution in [0.4, 0.5) is 0 Å². The molecule has 144 valence electrons. The Morgan fingerprint density at radius 2 is 1.96 bits per heavy atom. The molecule has 0 bridgehead atoms. The number of ether oxygens (including phenoxy) is 1. The van der Waals surface area contributed by atoms with Gasteiger partial charge < -0.3 is 15.0 Å². The minimum absolute atomic E-state index is 0.0957. The highest BCUT2D eigenvalue weighted by molar-refractivity contribution is 5.91. The van der Waals surface area contributed by atoms with Crippen LogP contribution in [0.25, 0.3) is 17.0 Å². The molecule has 2 N–H and O–H groups in total. The number of amides is 1. The molecule has 0 aliphatic carbocycles. The van der Waals surface area contributed by atoms with Crippen LogP contribution in [-0.2, 0) is 11.2 Å². The molecule has 0 radical (unpaired) electrons. The average Bonchev–Trinajstić information content (AvgIpc) is 3.10. The first-order valence-corrected chi connectivity index (χ1v) is 9.50. The van der Waals surface area contributed by atoms with Crippen LogP contribution < -0.4 is 10.1 Å². The molecule has 1 heterocycles. The molecule has 2 aromatic carbocycles. The number of carbonyl (C=O) groups is 1. The normalized spacial score (nSPS) is 11.0. The van der Waals surface area contributed by atoms with E-state index in [1.165, 1.54) is 10.9 Å². The maximum Gasteiger partial charge on any atom is 0.244 e. The molecule has 1 amide bonds. The van der Waals surface area contributed by atoms with Crippen LogP contribution in [0.15, 0.2) is 73.0 Å². The number of para-hydroxylation sites is 1. The van der Waals surface area contributed by atoms with Crippen LogP contribution in [0.2, 0.25) is 0 Å². The van der Waals surface area contributed by atoms with Crippen molar-refractivity contribution in [2.75, 3.05) is 13.2 Å². The van der Waals surface area contributed by atoms with Crippen LogP contribution in [0.1, 0.15) is 24.5 Å². The van der Waals surface area contributed by atoms with Crippen molar-refractivity contribution in [3.63, 3.8) is 0 Å². The molecule has 4 heteroatoms. The molecule has 28 heavy (non-hydrogen) atoms. The summed E-state index contributed by atoms with van der Waals surface area (Å²) in [6.45, 7) is 7.08. The fourth-order valence-corrected chi connectivity index (χ4v) is 2.91. The highest BCUT2D eigenvalue weighted by Gasteiger charge is 2.03. The van der Waals surface area contributed by atoms with Crippen molar-refractivity contribution in [3.8, 4) is 5.75 Å². The first kappa shape index (κ1) is 19.5. The number of aromatic amines is 1. The summed E-state index contributed by atoms with van der Waals surface area (Å²) >= 11 is 0. The SMILES string of the molecule is C=C(C)CCOc1ccc(/C=C/C(=O)NCCc2c[nH]c3ccccc23)cc1. The molecule has 4 nitrogen and oxygen atoms in total. The molecule has 0 atom stereocenters. The van der Waals surface area contributed by atoms with Crippen molar-refractivity contribution < 1.29 is 9.53 Å². The molecular formula is C24H26N2O2. The van der Waals surface area contributed by atoms with Crippen molar-refractivity contribution in [2.45, 2.75) is 19.8 Å². The van der Waals surface area contributed by atoms with E-state index in [1.54, 1.807) is 12.2 Å². The number of aromatic nitrogens is 1. The Balaban J connectivity index is 1.44. The van der Waals surface area contributed by atoms with E-state index in [4.69, 9.17) is 4.74 Å². The van der Waals surface area contributed by atoms with Gasteiger partial charge in [0.1, 0.15) is 5.75 Å². The Kier molecular flexibility index (Phi) is 6.68. The third-order valence-electron chi connectivity index (χ3n) is 4.47. The lowest BCUT2D eigenvalue weighted by atomic mass is 10.1. The lowest BCUT2D eigenvalue weighted by molar-refractivity contribution is -0.116. The molecule has 0 saturated heterocycles. The zero-order chi connectivity index (χ0) is 19.8. The Hall–Kier alpha value is -3.27. The lowest BCUT2D eigenvalue weighted by Crippen LogP contribution is -2.23. The van der Waals surface area contributed by atoms with Crippen LogP contribution >= 0.6 is 0 Å². The summed E-state index contributed by atoms with van der Waals surface area (Å²) in [6, 6.07) is 15.9. The molecular weight excluding hydrogens is 348 g/mol. The fourth-order valence-electron chi connectivity index (χ4n) is 2.91. The second kappa shape index (κ2) is 9.60. The lowest BCUT2D eigenvalue weighted by Gasteiger charge is -2.06. The maximum absolute atomic E-state index is 12.0. The number of benzene rings is 2. The van der Waals surface area contributed by atoms with Gasteiger partial charge in [0.15, 0.2) is 0 Å². The number of hydrogen-bond donors (Lipinski definition) is 2. The molecule has 3 aromatic rings. The molecule has 0 aliphatic heterocycles. The van der Waals surface area contributed by atoms with Gasteiger partial charge in [-0.05, 0) is 48.7 Å². The van der Waals surface area contributed by atoms with E-state index in [9.17, 15) is 4.79 Å². The number of rotatable bonds is 9. The third-order valence-corrected chi connectivity index (χ3v) is 4.47. The van der Waals surface area contributed by atoms with E-state index in [0.29, 0.717) is 13.2 Å². The number of fused-ring (bicyclic) bond motifs is 1. The fraction of sp³-hybridized carbons (Fsp3) is 0.208.